The molecular formula is C18H28FN3O2. The van der Waals surface area contributed by atoms with Crippen molar-refractivity contribution in [1.82, 2.24) is 10.2 Å². The zero-order chi connectivity index (χ0) is 17.4. The molecule has 5 nitrogen and oxygen atoms in total. The monoisotopic (exact) mass is 337 g/mol. The molecule has 0 saturated carbocycles. The Labute approximate surface area is 143 Å². The van der Waals surface area contributed by atoms with Gasteiger partial charge in [-0.05, 0) is 30.2 Å². The van der Waals surface area contributed by atoms with Crippen LogP contribution in [0.15, 0.2) is 24.3 Å². The molecule has 1 aromatic carbocycles. The molecule has 0 aliphatic carbocycles. The number of benzene rings is 1. The molecule has 6 heteroatoms. The lowest BCUT2D eigenvalue weighted by Gasteiger charge is -2.38. The van der Waals surface area contributed by atoms with Crippen LogP contribution in [0.25, 0.3) is 0 Å². The minimum Gasteiger partial charge on any atom is -0.379 e. The lowest BCUT2D eigenvalue weighted by molar-refractivity contribution is 0.00247. The van der Waals surface area contributed by atoms with E-state index in [-0.39, 0.29) is 11.8 Å². The van der Waals surface area contributed by atoms with Gasteiger partial charge in [-0.25, -0.2) is 9.18 Å². The maximum absolute atomic E-state index is 12.9. The number of amides is 2. The van der Waals surface area contributed by atoms with E-state index >= 15 is 0 Å². The van der Waals surface area contributed by atoms with E-state index in [2.05, 4.69) is 29.4 Å². The molecule has 1 fully saturated rings. The van der Waals surface area contributed by atoms with Gasteiger partial charge in [0.15, 0.2) is 0 Å². The fraction of sp³-hybridized carbons (Fsp3) is 0.611. The summed E-state index contributed by atoms with van der Waals surface area (Å²) in [6.45, 7) is 8.29. The van der Waals surface area contributed by atoms with Crippen LogP contribution in [0.5, 0.6) is 0 Å². The van der Waals surface area contributed by atoms with E-state index < -0.39 is 0 Å². The lowest BCUT2D eigenvalue weighted by Crippen LogP contribution is -2.52. The van der Waals surface area contributed by atoms with E-state index in [0.717, 1.165) is 39.1 Å². The summed E-state index contributed by atoms with van der Waals surface area (Å²) in [5, 5.41) is 5.71. The highest BCUT2D eigenvalue weighted by Crippen LogP contribution is 2.19. The van der Waals surface area contributed by atoms with Crippen LogP contribution in [-0.4, -0.2) is 49.8 Å². The van der Waals surface area contributed by atoms with Gasteiger partial charge in [0.2, 0.25) is 0 Å². The van der Waals surface area contributed by atoms with E-state index in [9.17, 15) is 9.18 Å². The Morgan fingerprint density at radius 3 is 2.42 bits per heavy atom. The minimum absolute atomic E-state index is 0.258. The molecule has 0 aromatic heterocycles. The molecule has 1 aromatic rings. The Kier molecular flexibility index (Phi) is 7.46. The molecule has 134 valence electrons. The number of urea groups is 1. The Morgan fingerprint density at radius 2 is 1.83 bits per heavy atom. The van der Waals surface area contributed by atoms with Crippen LogP contribution in [0.4, 0.5) is 14.9 Å². The normalized spacial score (nSPS) is 16.8. The predicted octanol–water partition coefficient (Wildman–Crippen LogP) is 3.08. The first-order valence-corrected chi connectivity index (χ1v) is 8.76. The summed E-state index contributed by atoms with van der Waals surface area (Å²) >= 11 is 0. The molecule has 1 saturated heterocycles. The number of halogens is 1. The number of hydrogen-bond donors (Lipinski definition) is 2. The van der Waals surface area contributed by atoms with Gasteiger partial charge in [-0.1, -0.05) is 26.7 Å². The van der Waals surface area contributed by atoms with E-state index in [0.29, 0.717) is 24.2 Å². The molecule has 1 aliphatic heterocycles. The van der Waals surface area contributed by atoms with E-state index in [4.69, 9.17) is 4.74 Å². The van der Waals surface area contributed by atoms with Gasteiger partial charge in [0.05, 0.1) is 13.2 Å². The third-order valence-electron chi connectivity index (χ3n) is 4.68. The SMILES string of the molecule is CCC(CC)C(CNC(=O)Nc1ccc(F)cc1)N1CCOCC1. The van der Waals surface area contributed by atoms with Gasteiger partial charge in [-0.15, -0.1) is 0 Å². The van der Waals surface area contributed by atoms with Crippen molar-refractivity contribution in [3.8, 4) is 0 Å². The Balaban J connectivity index is 1.90. The van der Waals surface area contributed by atoms with E-state index in [1.165, 1.54) is 12.1 Å². The molecule has 0 bridgehead atoms. The largest absolute Gasteiger partial charge is 0.379 e. The molecule has 1 atom stereocenters. The summed E-state index contributed by atoms with van der Waals surface area (Å²) in [5.41, 5.74) is 0.583. The van der Waals surface area contributed by atoms with Gasteiger partial charge in [0.1, 0.15) is 5.82 Å². The van der Waals surface area contributed by atoms with Crippen molar-refractivity contribution >= 4 is 11.7 Å². The van der Waals surface area contributed by atoms with Crippen molar-refractivity contribution in [2.75, 3.05) is 38.2 Å². The van der Waals surface area contributed by atoms with Crippen LogP contribution in [-0.2, 0) is 4.74 Å². The highest BCUT2D eigenvalue weighted by Gasteiger charge is 2.27. The predicted molar refractivity (Wildman–Crippen MR) is 93.7 cm³/mol. The minimum atomic E-state index is -0.318. The van der Waals surface area contributed by atoms with Crippen molar-refractivity contribution in [2.24, 2.45) is 5.92 Å². The number of ether oxygens (including phenoxy) is 1. The maximum Gasteiger partial charge on any atom is 0.319 e. The second-order valence-corrected chi connectivity index (χ2v) is 6.13. The molecule has 2 N–H and O–H groups in total. The van der Waals surface area contributed by atoms with Crippen molar-refractivity contribution in [1.29, 1.82) is 0 Å². The number of carbonyl (C=O) groups excluding carboxylic acids is 1. The molecule has 24 heavy (non-hydrogen) atoms. The van der Waals surface area contributed by atoms with Crippen molar-refractivity contribution in [3.63, 3.8) is 0 Å². The summed E-state index contributed by atoms with van der Waals surface area (Å²) in [6.07, 6.45) is 2.17. The first-order valence-electron chi connectivity index (χ1n) is 8.76. The summed E-state index contributed by atoms with van der Waals surface area (Å²) in [7, 11) is 0. The molecular weight excluding hydrogens is 309 g/mol. The first kappa shape index (κ1) is 18.7. The number of hydrogen-bond acceptors (Lipinski definition) is 3. The highest BCUT2D eigenvalue weighted by atomic mass is 19.1. The van der Waals surface area contributed by atoms with Crippen LogP contribution in [0, 0.1) is 11.7 Å². The van der Waals surface area contributed by atoms with Gasteiger partial charge in [0.25, 0.3) is 0 Å². The molecule has 2 amide bonds. The standard InChI is InChI=1S/C18H28FN3O2/c1-3-14(4-2)17(22-9-11-24-12-10-22)13-20-18(23)21-16-7-5-15(19)6-8-16/h5-8,14,17H,3-4,9-13H2,1-2H3,(H2,20,21,23). The molecule has 1 unspecified atom stereocenters. The summed E-state index contributed by atoms with van der Waals surface area (Å²) < 4.78 is 18.3. The lowest BCUT2D eigenvalue weighted by atomic mass is 9.92. The van der Waals surface area contributed by atoms with Crippen LogP contribution in [0.3, 0.4) is 0 Å². The Hall–Kier alpha value is -1.66. The third-order valence-corrected chi connectivity index (χ3v) is 4.68. The fourth-order valence-corrected chi connectivity index (χ4v) is 3.24. The fourth-order valence-electron chi connectivity index (χ4n) is 3.24. The van der Waals surface area contributed by atoms with Crippen LogP contribution in [0.2, 0.25) is 0 Å². The quantitative estimate of drug-likeness (QED) is 0.804. The highest BCUT2D eigenvalue weighted by molar-refractivity contribution is 5.89. The van der Waals surface area contributed by atoms with Crippen LogP contribution >= 0.6 is 0 Å². The van der Waals surface area contributed by atoms with Gasteiger partial charge in [-0.2, -0.15) is 0 Å². The van der Waals surface area contributed by atoms with Crippen LogP contribution < -0.4 is 10.6 Å². The Bertz CT molecular complexity index is 499. The summed E-state index contributed by atoms with van der Waals surface area (Å²) in [5.74, 6) is 0.219. The Morgan fingerprint density at radius 1 is 1.21 bits per heavy atom. The summed E-state index contributed by atoms with van der Waals surface area (Å²) in [4.78, 5) is 14.5. The topological polar surface area (TPSA) is 53.6 Å². The molecule has 1 heterocycles. The van der Waals surface area contributed by atoms with Gasteiger partial charge >= 0.3 is 6.03 Å². The second kappa shape index (κ2) is 9.59. The van der Waals surface area contributed by atoms with Gasteiger partial charge in [0, 0.05) is 31.4 Å². The molecule has 1 aliphatic rings. The first-order chi connectivity index (χ1) is 11.6. The number of nitrogens with zero attached hydrogens (tertiary/aromatic N) is 1. The van der Waals surface area contributed by atoms with Gasteiger partial charge < -0.3 is 15.4 Å². The van der Waals surface area contributed by atoms with E-state index in [1.54, 1.807) is 12.1 Å². The number of morpholine rings is 1. The smallest absolute Gasteiger partial charge is 0.319 e. The average Bonchev–Trinajstić information content (AvgIpc) is 2.61. The summed E-state index contributed by atoms with van der Waals surface area (Å²) in [6, 6.07) is 5.81. The zero-order valence-electron chi connectivity index (χ0n) is 14.6. The number of nitrogens with one attached hydrogen (secondary N) is 2. The molecule has 2 rings (SSSR count). The van der Waals surface area contributed by atoms with Crippen molar-refractivity contribution < 1.29 is 13.9 Å². The van der Waals surface area contributed by atoms with Crippen LogP contribution in [0.1, 0.15) is 26.7 Å². The molecule has 0 radical (unpaired) electrons. The zero-order valence-corrected chi connectivity index (χ0v) is 14.6. The third kappa shape index (κ3) is 5.46. The van der Waals surface area contributed by atoms with E-state index in [1.807, 2.05) is 0 Å². The molecule has 0 spiro atoms. The van der Waals surface area contributed by atoms with Crippen molar-refractivity contribution in [2.45, 2.75) is 32.7 Å². The maximum atomic E-state index is 12.9. The second-order valence-electron chi connectivity index (χ2n) is 6.13. The van der Waals surface area contributed by atoms with Gasteiger partial charge in [-0.3, -0.25) is 4.90 Å². The average molecular weight is 337 g/mol. The number of anilines is 1. The number of carbonyl (C=O) groups is 1. The number of rotatable bonds is 7. The van der Waals surface area contributed by atoms with Crippen molar-refractivity contribution in [3.05, 3.63) is 30.1 Å².